The van der Waals surface area contributed by atoms with Crippen LogP contribution in [0.2, 0.25) is 5.02 Å². The number of carbonyl (C=O) groups is 1. The molecule has 0 radical (unpaired) electrons. The fourth-order valence-electron chi connectivity index (χ4n) is 1.70. The van der Waals surface area contributed by atoms with Gasteiger partial charge in [-0.15, -0.1) is 0 Å². The van der Waals surface area contributed by atoms with Crippen LogP contribution in [0.3, 0.4) is 0 Å². The number of methoxy groups -OCH3 is 1. The summed E-state index contributed by atoms with van der Waals surface area (Å²) < 4.78 is 18.1. The van der Waals surface area contributed by atoms with E-state index in [0.717, 1.165) is 5.56 Å². The van der Waals surface area contributed by atoms with Crippen LogP contribution in [0.5, 0.6) is 5.75 Å². The quantitative estimate of drug-likeness (QED) is 0.938. The summed E-state index contributed by atoms with van der Waals surface area (Å²) in [6.45, 7) is 0.274. The van der Waals surface area contributed by atoms with Crippen LogP contribution in [0.25, 0.3) is 0 Å². The van der Waals surface area contributed by atoms with Crippen LogP contribution < -0.4 is 10.1 Å². The molecule has 0 atom stereocenters. The van der Waals surface area contributed by atoms with E-state index in [9.17, 15) is 9.18 Å². The number of rotatable bonds is 4. The van der Waals surface area contributed by atoms with Crippen LogP contribution >= 0.6 is 11.6 Å². The topological polar surface area (TPSA) is 38.3 Å². The molecule has 0 fully saturated rings. The molecule has 0 heterocycles. The van der Waals surface area contributed by atoms with Crippen LogP contribution in [-0.4, -0.2) is 13.0 Å². The summed E-state index contributed by atoms with van der Waals surface area (Å²) in [5.74, 6) is -0.0960. The van der Waals surface area contributed by atoms with Gasteiger partial charge in [0.05, 0.1) is 12.1 Å². The van der Waals surface area contributed by atoms with Gasteiger partial charge in [0, 0.05) is 12.1 Å². The minimum Gasteiger partial charge on any atom is -0.497 e. The number of hydrogen-bond donors (Lipinski definition) is 1. The van der Waals surface area contributed by atoms with Crippen LogP contribution in [-0.2, 0) is 6.54 Å². The Bertz CT molecular complexity index is 631. The highest BCUT2D eigenvalue weighted by Crippen LogP contribution is 2.16. The van der Waals surface area contributed by atoms with E-state index in [2.05, 4.69) is 5.32 Å². The second-order valence-corrected chi connectivity index (χ2v) is 4.57. The number of nitrogens with one attached hydrogen (secondary N) is 1. The van der Waals surface area contributed by atoms with Gasteiger partial charge in [-0.1, -0.05) is 23.7 Å². The van der Waals surface area contributed by atoms with Gasteiger partial charge in [-0.2, -0.15) is 0 Å². The molecular weight excluding hydrogens is 281 g/mol. The third-order valence-electron chi connectivity index (χ3n) is 2.77. The molecular formula is C15H13ClFNO2. The fraction of sp³-hybridized carbons (Fsp3) is 0.133. The van der Waals surface area contributed by atoms with Gasteiger partial charge in [-0.25, -0.2) is 4.39 Å². The first kappa shape index (κ1) is 14.3. The van der Waals surface area contributed by atoms with Crippen molar-refractivity contribution < 1.29 is 13.9 Å². The van der Waals surface area contributed by atoms with Gasteiger partial charge in [-0.05, 0) is 35.9 Å². The van der Waals surface area contributed by atoms with Crippen molar-refractivity contribution in [2.75, 3.05) is 7.11 Å². The minimum atomic E-state index is -0.477. The third kappa shape index (κ3) is 3.48. The van der Waals surface area contributed by atoms with Gasteiger partial charge < -0.3 is 10.1 Å². The Balaban J connectivity index is 2.02. The number of benzene rings is 2. The highest BCUT2D eigenvalue weighted by Gasteiger charge is 2.07. The molecule has 2 rings (SSSR count). The average molecular weight is 294 g/mol. The lowest BCUT2D eigenvalue weighted by molar-refractivity contribution is 0.0950. The van der Waals surface area contributed by atoms with Gasteiger partial charge in [0.2, 0.25) is 0 Å². The van der Waals surface area contributed by atoms with Crippen LogP contribution in [0.1, 0.15) is 15.9 Å². The van der Waals surface area contributed by atoms with Crippen molar-refractivity contribution in [3.8, 4) is 5.75 Å². The first-order valence-corrected chi connectivity index (χ1v) is 6.34. The van der Waals surface area contributed by atoms with Gasteiger partial charge in [0.25, 0.3) is 5.91 Å². The normalized spacial score (nSPS) is 10.2. The maximum atomic E-state index is 13.0. The number of hydrogen-bond acceptors (Lipinski definition) is 2. The Morgan fingerprint density at radius 1 is 1.30 bits per heavy atom. The highest BCUT2D eigenvalue weighted by atomic mass is 35.5. The first-order valence-electron chi connectivity index (χ1n) is 5.96. The van der Waals surface area contributed by atoms with E-state index < -0.39 is 5.82 Å². The molecule has 0 bridgehead atoms. The Hall–Kier alpha value is -2.07. The van der Waals surface area contributed by atoms with E-state index in [0.29, 0.717) is 11.3 Å². The zero-order valence-electron chi connectivity index (χ0n) is 10.8. The number of halogens is 2. The molecule has 0 saturated carbocycles. The largest absolute Gasteiger partial charge is 0.497 e. The van der Waals surface area contributed by atoms with E-state index in [1.54, 1.807) is 30.3 Å². The lowest BCUT2D eigenvalue weighted by atomic mass is 10.2. The van der Waals surface area contributed by atoms with Crippen molar-refractivity contribution in [1.29, 1.82) is 0 Å². The first-order chi connectivity index (χ1) is 9.60. The Kier molecular flexibility index (Phi) is 4.58. The summed E-state index contributed by atoms with van der Waals surface area (Å²) in [7, 11) is 1.54. The van der Waals surface area contributed by atoms with E-state index in [1.165, 1.54) is 19.2 Å². The second kappa shape index (κ2) is 6.39. The maximum Gasteiger partial charge on any atom is 0.251 e. The van der Waals surface area contributed by atoms with Gasteiger partial charge in [0.1, 0.15) is 11.6 Å². The summed E-state index contributed by atoms with van der Waals surface area (Å²) in [4.78, 5) is 12.0. The van der Waals surface area contributed by atoms with Gasteiger partial charge >= 0.3 is 0 Å². The molecule has 0 aromatic heterocycles. The van der Waals surface area contributed by atoms with E-state index in [1.807, 2.05) is 0 Å². The predicted molar refractivity (Wildman–Crippen MR) is 75.6 cm³/mol. The lowest BCUT2D eigenvalue weighted by Gasteiger charge is -2.07. The van der Waals surface area contributed by atoms with Crippen LogP contribution in [0.15, 0.2) is 42.5 Å². The summed E-state index contributed by atoms with van der Waals surface area (Å²) in [6, 6.07) is 11.2. The van der Waals surface area contributed by atoms with E-state index in [-0.39, 0.29) is 17.5 Å². The molecule has 2 aromatic rings. The molecule has 0 aliphatic carbocycles. The van der Waals surface area contributed by atoms with E-state index >= 15 is 0 Å². The van der Waals surface area contributed by atoms with Crippen molar-refractivity contribution in [3.05, 3.63) is 64.4 Å². The molecule has 0 aliphatic heterocycles. The van der Waals surface area contributed by atoms with Crippen molar-refractivity contribution in [2.24, 2.45) is 0 Å². The Labute approximate surface area is 121 Å². The standard InChI is InChI=1S/C15H13ClFNO2/c1-20-12-4-2-3-11(8-12)15(19)18-9-10-5-6-14(17)13(16)7-10/h2-8H,9H2,1H3,(H,18,19). The Morgan fingerprint density at radius 2 is 2.10 bits per heavy atom. The monoisotopic (exact) mass is 293 g/mol. The van der Waals surface area contributed by atoms with Gasteiger partial charge in [-0.3, -0.25) is 4.79 Å². The molecule has 2 aromatic carbocycles. The summed E-state index contributed by atoms with van der Waals surface area (Å²) >= 11 is 5.68. The maximum absolute atomic E-state index is 13.0. The molecule has 3 nitrogen and oxygen atoms in total. The van der Waals surface area contributed by atoms with Crippen molar-refractivity contribution in [1.82, 2.24) is 5.32 Å². The zero-order valence-corrected chi connectivity index (χ0v) is 11.6. The van der Waals surface area contributed by atoms with Crippen molar-refractivity contribution in [3.63, 3.8) is 0 Å². The summed E-state index contributed by atoms with van der Waals surface area (Å²) in [5, 5.41) is 2.78. The molecule has 0 spiro atoms. The predicted octanol–water partition coefficient (Wildman–Crippen LogP) is 3.42. The van der Waals surface area contributed by atoms with Crippen molar-refractivity contribution in [2.45, 2.75) is 6.54 Å². The zero-order chi connectivity index (χ0) is 14.5. The number of carbonyl (C=O) groups excluding carboxylic acids is 1. The summed E-state index contributed by atoms with van der Waals surface area (Å²) in [5.41, 5.74) is 1.23. The number of amides is 1. The lowest BCUT2D eigenvalue weighted by Crippen LogP contribution is -2.22. The Morgan fingerprint density at radius 3 is 2.80 bits per heavy atom. The molecule has 104 valence electrons. The van der Waals surface area contributed by atoms with Crippen LogP contribution in [0.4, 0.5) is 4.39 Å². The second-order valence-electron chi connectivity index (χ2n) is 4.16. The molecule has 1 N–H and O–H groups in total. The minimum absolute atomic E-state index is 0.0399. The number of ether oxygens (including phenoxy) is 1. The van der Waals surface area contributed by atoms with E-state index in [4.69, 9.17) is 16.3 Å². The van der Waals surface area contributed by atoms with Gasteiger partial charge in [0.15, 0.2) is 0 Å². The molecule has 1 amide bonds. The smallest absolute Gasteiger partial charge is 0.251 e. The third-order valence-corrected chi connectivity index (χ3v) is 3.06. The molecule has 20 heavy (non-hydrogen) atoms. The van der Waals surface area contributed by atoms with Crippen molar-refractivity contribution >= 4 is 17.5 Å². The average Bonchev–Trinajstić information content (AvgIpc) is 2.48. The van der Waals surface area contributed by atoms with Crippen LogP contribution in [0, 0.1) is 5.82 Å². The molecule has 0 aliphatic rings. The molecule has 0 unspecified atom stereocenters. The molecule has 0 saturated heterocycles. The molecule has 5 heteroatoms. The fourth-order valence-corrected chi connectivity index (χ4v) is 1.90. The highest BCUT2D eigenvalue weighted by molar-refractivity contribution is 6.30. The summed E-state index contributed by atoms with van der Waals surface area (Å²) in [6.07, 6.45) is 0. The SMILES string of the molecule is COc1cccc(C(=O)NCc2ccc(F)c(Cl)c2)c1.